The molecular formula is C23H23IN2O3. The van der Waals surface area contributed by atoms with Crippen molar-refractivity contribution in [2.45, 2.75) is 13.2 Å². The van der Waals surface area contributed by atoms with Crippen LogP contribution in [-0.2, 0) is 13.2 Å². The van der Waals surface area contributed by atoms with E-state index < -0.39 is 0 Å². The van der Waals surface area contributed by atoms with E-state index in [1.807, 2.05) is 42.5 Å². The van der Waals surface area contributed by atoms with Crippen LogP contribution < -0.4 is 19.6 Å². The number of hydrogen-bond acceptors (Lipinski definition) is 5. The molecule has 0 bridgehead atoms. The molecule has 0 amide bonds. The highest BCUT2D eigenvalue weighted by atomic mass is 127. The molecule has 0 aliphatic heterocycles. The van der Waals surface area contributed by atoms with Crippen LogP contribution in [0.2, 0.25) is 0 Å². The van der Waals surface area contributed by atoms with Crippen molar-refractivity contribution in [2.24, 2.45) is 5.10 Å². The zero-order valence-corrected chi connectivity index (χ0v) is 18.5. The summed E-state index contributed by atoms with van der Waals surface area (Å²) in [6, 6.07) is 21.8. The Morgan fingerprint density at radius 2 is 1.66 bits per heavy atom. The van der Waals surface area contributed by atoms with Crippen molar-refractivity contribution in [1.82, 2.24) is 5.43 Å². The summed E-state index contributed by atoms with van der Waals surface area (Å²) in [4.78, 5) is 0. The fourth-order valence-electron chi connectivity index (χ4n) is 2.73. The fourth-order valence-corrected chi connectivity index (χ4v) is 3.09. The summed E-state index contributed by atoms with van der Waals surface area (Å²) in [5, 5.41) is 4.29. The average Bonchev–Trinajstić information content (AvgIpc) is 2.77. The first kappa shape index (κ1) is 21.0. The quantitative estimate of drug-likeness (QED) is 0.254. The Bertz CT molecular complexity index is 959. The first-order valence-electron chi connectivity index (χ1n) is 9.12. The molecule has 0 fully saturated rings. The van der Waals surface area contributed by atoms with Crippen molar-refractivity contribution in [3.63, 3.8) is 0 Å². The zero-order valence-electron chi connectivity index (χ0n) is 16.4. The fraction of sp³-hybridized carbons (Fsp3) is 0.174. The maximum Gasteiger partial charge on any atom is 0.161 e. The summed E-state index contributed by atoms with van der Waals surface area (Å²) < 4.78 is 17.9. The molecule has 6 heteroatoms. The molecule has 0 spiro atoms. The van der Waals surface area contributed by atoms with Crippen molar-refractivity contribution in [2.75, 3.05) is 14.2 Å². The molecule has 3 aromatic carbocycles. The molecule has 1 N–H and O–H groups in total. The predicted molar refractivity (Wildman–Crippen MR) is 124 cm³/mol. The number of methoxy groups -OCH3 is 2. The van der Waals surface area contributed by atoms with Crippen LogP contribution in [0, 0.1) is 3.57 Å². The van der Waals surface area contributed by atoms with E-state index in [0.717, 1.165) is 22.4 Å². The highest BCUT2D eigenvalue weighted by molar-refractivity contribution is 14.1. The van der Waals surface area contributed by atoms with E-state index in [9.17, 15) is 0 Å². The molecule has 0 radical (unpaired) electrons. The number of para-hydroxylation sites is 1. The topological polar surface area (TPSA) is 52.1 Å². The van der Waals surface area contributed by atoms with Crippen molar-refractivity contribution in [1.29, 1.82) is 0 Å². The van der Waals surface area contributed by atoms with Gasteiger partial charge in [0.05, 0.1) is 27.0 Å². The molecule has 0 saturated carbocycles. The molecule has 150 valence electrons. The Morgan fingerprint density at radius 1 is 0.897 bits per heavy atom. The lowest BCUT2D eigenvalue weighted by molar-refractivity contribution is 0.284. The summed E-state index contributed by atoms with van der Waals surface area (Å²) in [7, 11) is 3.30. The van der Waals surface area contributed by atoms with Gasteiger partial charge in [-0.05, 0) is 70.1 Å². The Kier molecular flexibility index (Phi) is 7.75. The normalized spacial score (nSPS) is 10.7. The summed E-state index contributed by atoms with van der Waals surface area (Å²) in [5.41, 5.74) is 6.11. The number of hydrogen-bond donors (Lipinski definition) is 1. The predicted octanol–water partition coefficient (Wildman–Crippen LogP) is 5.01. The van der Waals surface area contributed by atoms with Gasteiger partial charge in [-0.15, -0.1) is 0 Å². The Morgan fingerprint density at radius 3 is 2.41 bits per heavy atom. The number of halogens is 1. The minimum atomic E-state index is 0.487. The van der Waals surface area contributed by atoms with Crippen LogP contribution in [0.15, 0.2) is 71.8 Å². The smallest absolute Gasteiger partial charge is 0.161 e. The van der Waals surface area contributed by atoms with Gasteiger partial charge in [0, 0.05) is 9.13 Å². The van der Waals surface area contributed by atoms with E-state index in [2.05, 4.69) is 57.4 Å². The molecule has 0 aliphatic carbocycles. The molecule has 3 aromatic rings. The van der Waals surface area contributed by atoms with Gasteiger partial charge in [-0.3, -0.25) is 0 Å². The van der Waals surface area contributed by atoms with Gasteiger partial charge >= 0.3 is 0 Å². The lowest BCUT2D eigenvalue weighted by Gasteiger charge is -2.11. The zero-order chi connectivity index (χ0) is 20.5. The lowest BCUT2D eigenvalue weighted by atomic mass is 10.2. The third-order valence-corrected chi connectivity index (χ3v) is 4.98. The monoisotopic (exact) mass is 502 g/mol. The molecule has 0 saturated heterocycles. The van der Waals surface area contributed by atoms with E-state index in [0.29, 0.717) is 24.7 Å². The van der Waals surface area contributed by atoms with Gasteiger partial charge in [0.2, 0.25) is 0 Å². The largest absolute Gasteiger partial charge is 0.496 e. The van der Waals surface area contributed by atoms with Crippen LogP contribution in [0.1, 0.15) is 16.7 Å². The van der Waals surface area contributed by atoms with Crippen LogP contribution in [-0.4, -0.2) is 20.4 Å². The molecule has 0 unspecified atom stereocenters. The van der Waals surface area contributed by atoms with Crippen molar-refractivity contribution < 1.29 is 14.2 Å². The van der Waals surface area contributed by atoms with E-state index >= 15 is 0 Å². The second-order valence-corrected chi connectivity index (χ2v) is 7.48. The van der Waals surface area contributed by atoms with E-state index in [-0.39, 0.29) is 0 Å². The SMILES string of the molecule is COc1ccccc1CN/N=C\c1ccc(OCc2ccc(I)cc2)c(OC)c1. The maximum atomic E-state index is 5.92. The third kappa shape index (κ3) is 6.12. The number of benzene rings is 3. The average molecular weight is 502 g/mol. The summed E-state index contributed by atoms with van der Waals surface area (Å²) in [6.07, 6.45) is 1.75. The maximum absolute atomic E-state index is 5.92. The molecule has 0 aliphatic rings. The molecule has 0 aromatic heterocycles. The van der Waals surface area contributed by atoms with Crippen LogP contribution in [0.5, 0.6) is 17.2 Å². The third-order valence-electron chi connectivity index (χ3n) is 4.26. The summed E-state index contributed by atoms with van der Waals surface area (Å²) in [6.45, 7) is 1.07. The van der Waals surface area contributed by atoms with Gasteiger partial charge in [0.1, 0.15) is 12.4 Å². The van der Waals surface area contributed by atoms with Crippen LogP contribution in [0.4, 0.5) is 0 Å². The van der Waals surface area contributed by atoms with Crippen molar-refractivity contribution in [3.05, 3.63) is 87.0 Å². The van der Waals surface area contributed by atoms with E-state index in [1.54, 1.807) is 20.4 Å². The highest BCUT2D eigenvalue weighted by Crippen LogP contribution is 2.28. The molecule has 3 rings (SSSR count). The number of hydrazone groups is 1. The van der Waals surface area contributed by atoms with E-state index in [4.69, 9.17) is 14.2 Å². The van der Waals surface area contributed by atoms with Crippen molar-refractivity contribution >= 4 is 28.8 Å². The van der Waals surface area contributed by atoms with Gasteiger partial charge in [-0.25, -0.2) is 0 Å². The molecule has 5 nitrogen and oxygen atoms in total. The Hall–Kier alpha value is -2.74. The number of nitrogens with one attached hydrogen (secondary N) is 1. The lowest BCUT2D eigenvalue weighted by Crippen LogP contribution is -2.07. The number of ether oxygens (including phenoxy) is 3. The van der Waals surface area contributed by atoms with Crippen molar-refractivity contribution in [3.8, 4) is 17.2 Å². The number of rotatable bonds is 9. The minimum absolute atomic E-state index is 0.487. The second kappa shape index (κ2) is 10.7. The summed E-state index contributed by atoms with van der Waals surface area (Å²) >= 11 is 2.29. The number of nitrogens with zero attached hydrogens (tertiary/aromatic N) is 1. The van der Waals surface area contributed by atoms with Gasteiger partial charge in [-0.1, -0.05) is 30.3 Å². The first-order valence-corrected chi connectivity index (χ1v) is 10.2. The highest BCUT2D eigenvalue weighted by Gasteiger charge is 2.06. The van der Waals surface area contributed by atoms with Crippen LogP contribution in [0.25, 0.3) is 0 Å². The van der Waals surface area contributed by atoms with Gasteiger partial charge in [0.25, 0.3) is 0 Å². The van der Waals surface area contributed by atoms with Crippen LogP contribution in [0.3, 0.4) is 0 Å². The van der Waals surface area contributed by atoms with Gasteiger partial charge in [-0.2, -0.15) is 5.10 Å². The summed E-state index contributed by atoms with van der Waals surface area (Å²) in [5.74, 6) is 2.21. The minimum Gasteiger partial charge on any atom is -0.496 e. The van der Waals surface area contributed by atoms with Crippen LogP contribution >= 0.6 is 22.6 Å². The second-order valence-electron chi connectivity index (χ2n) is 6.23. The Labute approximate surface area is 184 Å². The molecule has 0 atom stereocenters. The molecule has 29 heavy (non-hydrogen) atoms. The van der Waals surface area contributed by atoms with Gasteiger partial charge in [0.15, 0.2) is 11.5 Å². The standard InChI is InChI=1S/C23H23IN2O3/c1-27-21-6-4-3-5-19(21)15-26-25-14-18-9-12-22(23(13-18)28-2)29-16-17-7-10-20(24)11-8-17/h3-14,26H,15-16H2,1-2H3/b25-14-. The Balaban J connectivity index is 1.59. The molecular weight excluding hydrogens is 479 g/mol. The van der Waals surface area contributed by atoms with Gasteiger partial charge < -0.3 is 19.6 Å². The first-order chi connectivity index (χ1) is 14.2. The van der Waals surface area contributed by atoms with E-state index in [1.165, 1.54) is 3.57 Å². The molecule has 0 heterocycles.